The van der Waals surface area contributed by atoms with Gasteiger partial charge in [-0.25, -0.2) is 14.0 Å². The quantitative estimate of drug-likeness (QED) is 0.0205. The Morgan fingerprint density at radius 1 is 0.855 bits per heavy atom. The molecule has 17 heteroatoms. The molecule has 400 valence electrons. The lowest BCUT2D eigenvalue weighted by molar-refractivity contribution is -0.384. The number of carbonyl (C=O) groups excluding carboxylic acids is 2. The van der Waals surface area contributed by atoms with Gasteiger partial charge in [0.05, 0.1) is 36.4 Å². The number of nitro groups is 1. The minimum absolute atomic E-state index is 0.00388. The van der Waals surface area contributed by atoms with Gasteiger partial charge in [0.15, 0.2) is 0 Å². The number of aliphatic hydroxyl groups is 2. The number of halogens is 1. The van der Waals surface area contributed by atoms with Crippen molar-refractivity contribution in [2.24, 2.45) is 22.9 Å². The summed E-state index contributed by atoms with van der Waals surface area (Å²) in [6, 6.07) is 35.1. The Kier molecular flexibility index (Phi) is 19.4. The van der Waals surface area contributed by atoms with Crippen LogP contribution >= 0.6 is 0 Å². The summed E-state index contributed by atoms with van der Waals surface area (Å²) in [7, 11) is 0. The largest absolute Gasteiger partial charge is 0.459 e. The zero-order valence-corrected chi connectivity index (χ0v) is 42.4. The molecule has 6 unspecified atom stereocenters. The number of rotatable bonds is 26. The first-order valence-corrected chi connectivity index (χ1v) is 25.8. The van der Waals surface area contributed by atoms with Crippen LogP contribution in [0.25, 0.3) is 0 Å². The minimum atomic E-state index is -1.70. The number of unbranched alkanes of at least 4 members (excludes halogenated alkanes) is 2. The van der Waals surface area contributed by atoms with Gasteiger partial charge in [-0.3, -0.25) is 15.0 Å². The lowest BCUT2D eigenvalue weighted by Crippen LogP contribution is -2.70. The van der Waals surface area contributed by atoms with Crippen LogP contribution < -0.4 is 14.8 Å². The Bertz CT molecular complexity index is 2780. The second-order valence-corrected chi connectivity index (χ2v) is 19.1. The van der Waals surface area contributed by atoms with Crippen molar-refractivity contribution in [2.45, 2.75) is 89.0 Å². The number of nitrogens with one attached hydrogen (secondary N) is 1. The SMILES string of the molecule is C=CCOC12Oc3ccc(OC(=O)NCc4ccccc4)cc3C3C(CCCCO)C(CCCCO)C=C(C(=NOCc4ccc([N+](=O)[O-])cc4)CC1N(Cc1ccc(F)cc1)C(=O)OCCOCc1ccccc1)C32. The van der Waals surface area contributed by atoms with E-state index in [4.69, 9.17) is 33.7 Å². The molecule has 5 aromatic carbocycles. The summed E-state index contributed by atoms with van der Waals surface area (Å²) in [5.74, 6) is -2.95. The molecule has 0 spiro atoms. The first-order chi connectivity index (χ1) is 37.1. The number of oxime groups is 1. The van der Waals surface area contributed by atoms with Crippen molar-refractivity contribution in [3.05, 3.63) is 195 Å². The first kappa shape index (κ1) is 54.8. The van der Waals surface area contributed by atoms with Crippen LogP contribution in [-0.4, -0.2) is 82.8 Å². The van der Waals surface area contributed by atoms with Crippen molar-refractivity contribution in [2.75, 3.05) is 33.0 Å². The number of hydrogen-bond donors (Lipinski definition) is 3. The molecular formula is C59H65FN4O12. The fraction of sp³-hybridized carbons (Fsp3) is 0.373. The number of ether oxygens (including phenoxy) is 5. The van der Waals surface area contributed by atoms with E-state index in [1.165, 1.54) is 29.2 Å². The molecule has 3 aliphatic rings. The molecule has 2 aliphatic carbocycles. The molecule has 2 amide bonds. The molecule has 5 aromatic rings. The number of nitro benzene ring substituents is 1. The summed E-state index contributed by atoms with van der Waals surface area (Å²) in [6.07, 6.45) is 6.21. The van der Waals surface area contributed by atoms with E-state index in [1.54, 1.807) is 42.5 Å². The summed E-state index contributed by atoms with van der Waals surface area (Å²) in [5, 5.41) is 39.3. The summed E-state index contributed by atoms with van der Waals surface area (Å²) in [6.45, 7) is 4.39. The molecule has 0 bridgehead atoms. The molecule has 1 saturated carbocycles. The highest BCUT2D eigenvalue weighted by atomic mass is 19.1. The van der Waals surface area contributed by atoms with Crippen LogP contribution in [0.2, 0.25) is 0 Å². The molecule has 1 fully saturated rings. The molecule has 0 radical (unpaired) electrons. The molecule has 0 saturated heterocycles. The number of fused-ring (bicyclic) bond motifs is 2. The van der Waals surface area contributed by atoms with Gasteiger partial charge in [-0.05, 0) is 108 Å². The van der Waals surface area contributed by atoms with Gasteiger partial charge in [0, 0.05) is 56.3 Å². The van der Waals surface area contributed by atoms with Crippen LogP contribution in [0.3, 0.4) is 0 Å². The second kappa shape index (κ2) is 26.9. The standard InChI is InChI=1S/C59H65FN4O12/c1-2-31-73-59-54(63(38-42-19-23-46(60)24-20-42)58(68)72-33-32-71-39-43-15-7-4-8-16-43)36-52(62-74-40-44-21-25-47(26-22-44)64(69)70)50-34-45(17-9-11-29-65)49(18-10-12-30-66)55(56(50)59)51-35-48(27-28-53(51)76-59)75-57(67)61-37-41-13-5-3-6-14-41/h2-8,13-16,19-28,34-35,45,49,54-56,65-66H,1,9-12,17-18,29-33,36-40H2,(H,61,67). The van der Waals surface area contributed by atoms with Crippen LogP contribution in [0.1, 0.15) is 78.7 Å². The number of allylic oxidation sites excluding steroid dienone is 1. The van der Waals surface area contributed by atoms with Gasteiger partial charge in [0.2, 0.25) is 5.79 Å². The first-order valence-electron chi connectivity index (χ1n) is 25.8. The molecule has 6 atom stereocenters. The molecule has 8 rings (SSSR count). The van der Waals surface area contributed by atoms with E-state index in [0.717, 1.165) is 22.3 Å². The lowest BCUT2D eigenvalue weighted by Gasteiger charge is -2.59. The maximum absolute atomic E-state index is 15.1. The van der Waals surface area contributed by atoms with E-state index in [1.807, 2.05) is 66.7 Å². The Morgan fingerprint density at radius 3 is 2.24 bits per heavy atom. The number of aliphatic hydroxyl groups excluding tert-OH is 2. The molecule has 76 heavy (non-hydrogen) atoms. The number of amides is 2. The number of carbonyl (C=O) groups is 2. The van der Waals surface area contributed by atoms with Crippen molar-refractivity contribution in [1.82, 2.24) is 10.2 Å². The van der Waals surface area contributed by atoms with E-state index in [9.17, 15) is 29.5 Å². The van der Waals surface area contributed by atoms with Crippen LogP contribution in [0.15, 0.2) is 157 Å². The van der Waals surface area contributed by atoms with Gasteiger partial charge >= 0.3 is 12.2 Å². The Morgan fingerprint density at radius 2 is 1.54 bits per heavy atom. The molecule has 1 heterocycles. The fourth-order valence-electron chi connectivity index (χ4n) is 10.6. The van der Waals surface area contributed by atoms with E-state index >= 15 is 4.79 Å². The normalized spacial score (nSPS) is 20.8. The third kappa shape index (κ3) is 13.7. The third-order valence-electron chi connectivity index (χ3n) is 14.1. The Labute approximate surface area is 441 Å². The van der Waals surface area contributed by atoms with Crippen LogP contribution in [-0.2, 0) is 45.4 Å². The van der Waals surface area contributed by atoms with E-state index in [2.05, 4.69) is 18.0 Å². The Hall–Kier alpha value is -7.44. The lowest BCUT2D eigenvalue weighted by atomic mass is 9.55. The van der Waals surface area contributed by atoms with Crippen molar-refractivity contribution in [3.8, 4) is 11.5 Å². The maximum atomic E-state index is 15.1. The van der Waals surface area contributed by atoms with Crippen LogP contribution in [0, 0.1) is 33.7 Å². The van der Waals surface area contributed by atoms with Crippen LogP contribution in [0.4, 0.5) is 19.7 Å². The topological polar surface area (TPSA) is 201 Å². The molecule has 16 nitrogen and oxygen atoms in total. The number of hydrogen-bond acceptors (Lipinski definition) is 13. The van der Waals surface area contributed by atoms with Gasteiger partial charge in [-0.2, -0.15) is 0 Å². The number of non-ortho nitro benzene ring substituents is 1. The molecule has 0 aromatic heterocycles. The van der Waals surface area contributed by atoms with E-state index in [-0.39, 0.29) is 82.4 Å². The van der Waals surface area contributed by atoms with E-state index < -0.39 is 46.6 Å². The average molecular weight is 1040 g/mol. The Balaban J connectivity index is 1.26. The monoisotopic (exact) mass is 1040 g/mol. The maximum Gasteiger partial charge on any atom is 0.412 e. The fourth-order valence-corrected chi connectivity index (χ4v) is 10.6. The van der Waals surface area contributed by atoms with Gasteiger partial charge in [-0.1, -0.05) is 103 Å². The summed E-state index contributed by atoms with van der Waals surface area (Å²) >= 11 is 0. The highest BCUT2D eigenvalue weighted by Gasteiger charge is 2.65. The van der Waals surface area contributed by atoms with Gasteiger partial charge < -0.3 is 44.1 Å². The molecule has 1 aliphatic heterocycles. The predicted molar refractivity (Wildman–Crippen MR) is 282 cm³/mol. The predicted octanol–water partition coefficient (Wildman–Crippen LogP) is 10.7. The second-order valence-electron chi connectivity index (χ2n) is 19.1. The van der Waals surface area contributed by atoms with Crippen molar-refractivity contribution < 1.29 is 57.6 Å². The minimum Gasteiger partial charge on any atom is -0.459 e. The number of nitrogens with zero attached hydrogens (tertiary/aromatic N) is 3. The van der Waals surface area contributed by atoms with Crippen LogP contribution in [0.5, 0.6) is 11.5 Å². The third-order valence-corrected chi connectivity index (χ3v) is 14.1. The molecule has 3 N–H and O–H groups in total. The van der Waals surface area contributed by atoms with Crippen molar-refractivity contribution >= 4 is 23.6 Å². The van der Waals surface area contributed by atoms with Crippen molar-refractivity contribution in [1.29, 1.82) is 0 Å². The van der Waals surface area contributed by atoms with E-state index in [0.29, 0.717) is 67.7 Å². The zero-order chi connectivity index (χ0) is 53.3. The summed E-state index contributed by atoms with van der Waals surface area (Å²) in [5.41, 5.74) is 4.91. The summed E-state index contributed by atoms with van der Waals surface area (Å²) < 4.78 is 47.0. The zero-order valence-electron chi connectivity index (χ0n) is 42.4. The molecular weight excluding hydrogens is 976 g/mol. The highest BCUT2D eigenvalue weighted by molar-refractivity contribution is 6.03. The smallest absolute Gasteiger partial charge is 0.412 e. The number of benzene rings is 5. The average Bonchev–Trinajstić information content (AvgIpc) is 3.57. The van der Waals surface area contributed by atoms with Gasteiger partial charge in [0.1, 0.15) is 36.6 Å². The summed E-state index contributed by atoms with van der Waals surface area (Å²) in [4.78, 5) is 47.2. The van der Waals surface area contributed by atoms with Gasteiger partial charge in [0.25, 0.3) is 5.69 Å². The van der Waals surface area contributed by atoms with Gasteiger partial charge in [-0.15, -0.1) is 6.58 Å². The highest BCUT2D eigenvalue weighted by Crippen LogP contribution is 2.62. The van der Waals surface area contributed by atoms with Crippen molar-refractivity contribution in [3.63, 3.8) is 0 Å².